The topological polar surface area (TPSA) is 58.9 Å². The summed E-state index contributed by atoms with van der Waals surface area (Å²) in [5, 5.41) is 5.93. The minimum Gasteiger partial charge on any atom is -0.351 e. The van der Waals surface area contributed by atoms with Gasteiger partial charge < -0.3 is 10.6 Å². The van der Waals surface area contributed by atoms with E-state index in [1.165, 1.54) is 0 Å². The van der Waals surface area contributed by atoms with Gasteiger partial charge in [-0.05, 0) is 32.1 Å². The molecule has 1 aromatic carbocycles. The number of hydrogen-bond donors (Lipinski definition) is 2. The molecular formula is C14H18N4O. The summed E-state index contributed by atoms with van der Waals surface area (Å²) in [7, 11) is 1.90. The van der Waals surface area contributed by atoms with E-state index in [9.17, 15) is 4.79 Å². The number of imidazole rings is 1. The molecule has 0 aliphatic heterocycles. The molecule has 0 atom stereocenters. The van der Waals surface area contributed by atoms with Gasteiger partial charge >= 0.3 is 0 Å². The lowest BCUT2D eigenvalue weighted by Crippen LogP contribution is -2.28. The van der Waals surface area contributed by atoms with Crippen molar-refractivity contribution in [2.24, 2.45) is 0 Å². The van der Waals surface area contributed by atoms with Crippen molar-refractivity contribution in [2.75, 3.05) is 20.1 Å². The van der Waals surface area contributed by atoms with Crippen molar-refractivity contribution in [2.45, 2.75) is 6.42 Å². The Bertz CT molecular complexity index is 521. The molecule has 0 saturated carbocycles. The van der Waals surface area contributed by atoms with Gasteiger partial charge in [0.2, 0.25) is 0 Å². The molecule has 0 unspecified atom stereocenters. The van der Waals surface area contributed by atoms with Crippen LogP contribution >= 0.6 is 0 Å². The molecule has 5 heteroatoms. The number of para-hydroxylation sites is 1. The van der Waals surface area contributed by atoms with Crippen molar-refractivity contribution in [3.05, 3.63) is 48.5 Å². The van der Waals surface area contributed by atoms with Gasteiger partial charge in [0.25, 0.3) is 5.91 Å². The van der Waals surface area contributed by atoms with E-state index in [2.05, 4.69) is 15.6 Å². The van der Waals surface area contributed by atoms with Crippen LogP contribution in [0.4, 0.5) is 0 Å². The number of nitrogens with one attached hydrogen (secondary N) is 2. The summed E-state index contributed by atoms with van der Waals surface area (Å²) in [4.78, 5) is 16.1. The quantitative estimate of drug-likeness (QED) is 0.766. The summed E-state index contributed by atoms with van der Waals surface area (Å²) in [6, 6.07) is 9.70. The molecule has 0 saturated heterocycles. The maximum absolute atomic E-state index is 12.1. The zero-order valence-corrected chi connectivity index (χ0v) is 11.0. The molecule has 2 N–H and O–H groups in total. The number of hydrogen-bond acceptors (Lipinski definition) is 3. The van der Waals surface area contributed by atoms with E-state index in [0.29, 0.717) is 12.2 Å². The third kappa shape index (κ3) is 3.42. The third-order valence-corrected chi connectivity index (χ3v) is 2.79. The minimum atomic E-state index is -0.0996. The lowest BCUT2D eigenvalue weighted by molar-refractivity contribution is 0.0946. The van der Waals surface area contributed by atoms with E-state index in [4.69, 9.17) is 0 Å². The van der Waals surface area contributed by atoms with Gasteiger partial charge in [-0.3, -0.25) is 9.36 Å². The summed E-state index contributed by atoms with van der Waals surface area (Å²) in [6.07, 6.45) is 4.14. The van der Waals surface area contributed by atoms with Crippen molar-refractivity contribution in [3.63, 3.8) is 0 Å². The average molecular weight is 258 g/mol. The van der Waals surface area contributed by atoms with Gasteiger partial charge in [-0.25, -0.2) is 4.98 Å². The van der Waals surface area contributed by atoms with Crippen molar-refractivity contribution >= 4 is 5.91 Å². The standard InChI is InChI=1S/C14H18N4O/c1-15-8-5-9-17-14(19)13-10-16-11-18(13)12-6-3-2-4-7-12/h2-4,6-7,10-11,15H,5,8-9H2,1H3,(H,17,19). The number of nitrogens with zero attached hydrogens (tertiary/aromatic N) is 2. The molecule has 0 spiro atoms. The predicted octanol–water partition coefficient (Wildman–Crippen LogP) is 1.21. The molecular weight excluding hydrogens is 240 g/mol. The highest BCUT2D eigenvalue weighted by Crippen LogP contribution is 2.10. The van der Waals surface area contributed by atoms with Crippen LogP contribution in [0.25, 0.3) is 5.69 Å². The highest BCUT2D eigenvalue weighted by atomic mass is 16.1. The zero-order valence-electron chi connectivity index (χ0n) is 11.0. The molecule has 0 bridgehead atoms. The van der Waals surface area contributed by atoms with Crippen LogP contribution < -0.4 is 10.6 Å². The maximum atomic E-state index is 12.1. The zero-order chi connectivity index (χ0) is 13.5. The van der Waals surface area contributed by atoms with Crippen LogP contribution in [0, 0.1) is 0 Å². The largest absolute Gasteiger partial charge is 0.351 e. The molecule has 5 nitrogen and oxygen atoms in total. The van der Waals surface area contributed by atoms with Crippen LogP contribution in [-0.4, -0.2) is 35.6 Å². The van der Waals surface area contributed by atoms with E-state index < -0.39 is 0 Å². The average Bonchev–Trinajstić information content (AvgIpc) is 2.94. The van der Waals surface area contributed by atoms with Gasteiger partial charge in [0.05, 0.1) is 12.5 Å². The highest BCUT2D eigenvalue weighted by Gasteiger charge is 2.11. The van der Waals surface area contributed by atoms with Crippen molar-refractivity contribution in [1.82, 2.24) is 20.2 Å². The Morgan fingerprint density at radius 3 is 2.79 bits per heavy atom. The summed E-state index contributed by atoms with van der Waals surface area (Å²) in [5.41, 5.74) is 1.48. The lowest BCUT2D eigenvalue weighted by Gasteiger charge is -2.08. The first kappa shape index (κ1) is 13.3. The van der Waals surface area contributed by atoms with Gasteiger partial charge in [0.15, 0.2) is 0 Å². The van der Waals surface area contributed by atoms with E-state index >= 15 is 0 Å². The third-order valence-electron chi connectivity index (χ3n) is 2.79. The second-order valence-electron chi connectivity index (χ2n) is 4.20. The number of carbonyl (C=O) groups excluding carboxylic acids is 1. The Morgan fingerprint density at radius 1 is 1.26 bits per heavy atom. The summed E-state index contributed by atoms with van der Waals surface area (Å²) >= 11 is 0. The fourth-order valence-electron chi connectivity index (χ4n) is 1.82. The molecule has 1 amide bonds. The van der Waals surface area contributed by atoms with E-state index in [1.54, 1.807) is 17.1 Å². The SMILES string of the molecule is CNCCCNC(=O)c1cncn1-c1ccccc1. The molecule has 0 aliphatic rings. The first-order valence-corrected chi connectivity index (χ1v) is 6.33. The molecule has 0 aliphatic carbocycles. The fourth-order valence-corrected chi connectivity index (χ4v) is 1.82. The molecule has 2 aromatic rings. The van der Waals surface area contributed by atoms with Crippen LogP contribution in [0.5, 0.6) is 0 Å². The van der Waals surface area contributed by atoms with E-state index in [1.807, 2.05) is 37.4 Å². The Labute approximate surface area is 112 Å². The van der Waals surface area contributed by atoms with Gasteiger partial charge in [0.1, 0.15) is 5.69 Å². The first-order valence-electron chi connectivity index (χ1n) is 6.33. The molecule has 2 rings (SSSR count). The monoisotopic (exact) mass is 258 g/mol. The number of aromatic nitrogens is 2. The molecule has 19 heavy (non-hydrogen) atoms. The van der Waals surface area contributed by atoms with Crippen LogP contribution in [0.1, 0.15) is 16.9 Å². The molecule has 0 radical (unpaired) electrons. The maximum Gasteiger partial charge on any atom is 0.269 e. The summed E-state index contributed by atoms with van der Waals surface area (Å²) in [5.74, 6) is -0.0996. The Hall–Kier alpha value is -2.14. The fraction of sp³-hybridized carbons (Fsp3) is 0.286. The van der Waals surface area contributed by atoms with Crippen LogP contribution in [0.3, 0.4) is 0 Å². The minimum absolute atomic E-state index is 0.0996. The Kier molecular flexibility index (Phi) is 4.69. The van der Waals surface area contributed by atoms with Gasteiger partial charge in [0, 0.05) is 12.2 Å². The number of carbonyl (C=O) groups is 1. The number of rotatable bonds is 6. The van der Waals surface area contributed by atoms with E-state index in [0.717, 1.165) is 18.7 Å². The molecule has 1 heterocycles. The first-order chi connectivity index (χ1) is 9.33. The second kappa shape index (κ2) is 6.70. The van der Waals surface area contributed by atoms with E-state index in [-0.39, 0.29) is 5.91 Å². The predicted molar refractivity (Wildman–Crippen MR) is 74.4 cm³/mol. The second-order valence-corrected chi connectivity index (χ2v) is 4.20. The Balaban J connectivity index is 2.05. The lowest BCUT2D eigenvalue weighted by atomic mass is 10.3. The van der Waals surface area contributed by atoms with Crippen molar-refractivity contribution < 1.29 is 4.79 Å². The molecule has 1 aromatic heterocycles. The van der Waals surface area contributed by atoms with Crippen molar-refractivity contribution in [1.29, 1.82) is 0 Å². The highest BCUT2D eigenvalue weighted by molar-refractivity contribution is 5.92. The smallest absolute Gasteiger partial charge is 0.269 e. The number of amides is 1. The summed E-state index contributed by atoms with van der Waals surface area (Å²) < 4.78 is 1.79. The molecule has 100 valence electrons. The Morgan fingerprint density at radius 2 is 2.05 bits per heavy atom. The van der Waals surface area contributed by atoms with Crippen LogP contribution in [0.2, 0.25) is 0 Å². The van der Waals surface area contributed by atoms with Crippen LogP contribution in [0.15, 0.2) is 42.9 Å². The van der Waals surface area contributed by atoms with Crippen LogP contribution in [-0.2, 0) is 0 Å². The van der Waals surface area contributed by atoms with Gasteiger partial charge in [-0.1, -0.05) is 18.2 Å². The van der Waals surface area contributed by atoms with Gasteiger partial charge in [-0.2, -0.15) is 0 Å². The normalized spacial score (nSPS) is 10.4. The molecule has 0 fully saturated rings. The summed E-state index contributed by atoms with van der Waals surface area (Å²) in [6.45, 7) is 1.54. The number of benzene rings is 1. The van der Waals surface area contributed by atoms with Crippen molar-refractivity contribution in [3.8, 4) is 5.69 Å². The van der Waals surface area contributed by atoms with Gasteiger partial charge in [-0.15, -0.1) is 0 Å².